The summed E-state index contributed by atoms with van der Waals surface area (Å²) in [5.74, 6) is -1.40. The Morgan fingerprint density at radius 1 is 0.688 bits per heavy atom. The molecule has 0 aliphatic rings. The number of carbonyl (C=O) groups excluding carboxylic acids is 5. The van der Waals surface area contributed by atoms with Gasteiger partial charge in [0.05, 0.1) is 6.04 Å². The zero-order valence-electron chi connectivity index (χ0n) is 30.9. The second kappa shape index (κ2) is 22.2. The lowest BCUT2D eigenvalue weighted by atomic mass is 9.97. The summed E-state index contributed by atoms with van der Waals surface area (Å²) in [6.07, 6.45) is 5.91. The maximum Gasteiger partial charge on any atom is 0.252 e. The molecule has 1 heterocycles. The van der Waals surface area contributed by atoms with Gasteiger partial charge in [-0.25, -0.2) is 0 Å². The summed E-state index contributed by atoms with van der Waals surface area (Å²) in [6, 6.07) is -0.0320. The van der Waals surface area contributed by atoms with E-state index in [9.17, 15) is 24.0 Å². The monoisotopic (exact) mass is 673 g/mol. The summed E-state index contributed by atoms with van der Waals surface area (Å²) in [7, 11) is 0. The van der Waals surface area contributed by atoms with Gasteiger partial charge in [-0.05, 0) is 62.0 Å². The van der Waals surface area contributed by atoms with Crippen molar-refractivity contribution in [3.8, 4) is 0 Å². The fraction of sp³-hybridized carbons (Fsp3) is 0.722. The smallest absolute Gasteiger partial charge is 0.252 e. The van der Waals surface area contributed by atoms with Gasteiger partial charge in [-0.1, -0.05) is 75.2 Å². The lowest BCUT2D eigenvalue weighted by molar-refractivity contribution is -0.131. The summed E-state index contributed by atoms with van der Waals surface area (Å²) in [5, 5.41) is 18.0. The largest absolute Gasteiger partial charge is 0.355 e. The zero-order valence-corrected chi connectivity index (χ0v) is 30.9. The Bertz CT molecular complexity index is 1140. The van der Waals surface area contributed by atoms with Crippen LogP contribution < -0.4 is 31.9 Å². The van der Waals surface area contributed by atoms with Crippen molar-refractivity contribution in [1.82, 2.24) is 36.9 Å². The van der Waals surface area contributed by atoms with E-state index in [-0.39, 0.29) is 53.3 Å². The third-order valence-electron chi connectivity index (χ3n) is 8.26. The highest BCUT2D eigenvalue weighted by molar-refractivity contribution is 5.98. The predicted molar refractivity (Wildman–Crippen MR) is 190 cm³/mol. The second-order valence-corrected chi connectivity index (χ2v) is 14.0. The minimum atomic E-state index is -0.833. The van der Waals surface area contributed by atoms with Crippen LogP contribution in [-0.2, 0) is 19.2 Å². The number of nitrogens with zero attached hydrogens (tertiary/aromatic N) is 1. The van der Waals surface area contributed by atoms with E-state index in [1.807, 2.05) is 55.4 Å². The summed E-state index contributed by atoms with van der Waals surface area (Å²) >= 11 is 0. The Morgan fingerprint density at radius 3 is 1.79 bits per heavy atom. The molecule has 6 atom stereocenters. The van der Waals surface area contributed by atoms with Gasteiger partial charge in [0, 0.05) is 37.1 Å². The van der Waals surface area contributed by atoms with Crippen molar-refractivity contribution in [3.05, 3.63) is 30.1 Å². The molecule has 0 fully saturated rings. The first kappa shape index (κ1) is 42.5. The zero-order chi connectivity index (χ0) is 36.4. The van der Waals surface area contributed by atoms with Crippen molar-refractivity contribution >= 4 is 29.5 Å². The van der Waals surface area contributed by atoms with E-state index in [2.05, 4.69) is 50.7 Å². The van der Waals surface area contributed by atoms with Crippen molar-refractivity contribution in [2.24, 2.45) is 23.7 Å². The second-order valence-electron chi connectivity index (χ2n) is 14.0. The first-order chi connectivity index (χ1) is 22.6. The average Bonchev–Trinajstić information content (AvgIpc) is 3.02. The van der Waals surface area contributed by atoms with Gasteiger partial charge in [0.25, 0.3) is 5.91 Å². The van der Waals surface area contributed by atoms with Crippen LogP contribution in [-0.4, -0.2) is 77.8 Å². The topological polar surface area (TPSA) is 170 Å². The molecule has 0 saturated carbocycles. The number of amides is 5. The van der Waals surface area contributed by atoms with Crippen molar-refractivity contribution in [3.63, 3.8) is 0 Å². The van der Waals surface area contributed by atoms with Gasteiger partial charge >= 0.3 is 0 Å². The molecule has 0 aliphatic heterocycles. The minimum Gasteiger partial charge on any atom is -0.355 e. The maximum atomic E-state index is 13.7. The molecule has 1 rings (SSSR count). The van der Waals surface area contributed by atoms with Crippen molar-refractivity contribution < 1.29 is 24.0 Å². The standard InChI is InChI=1S/C36H63N7O5/c1-11-14-28(41-36(48)31(25(10)12-2)43-32(44)26-15-17-37-18-16-26)34(46)40-27(19-22(4)5)21-39-30(24(8)9)35(47)42-29(20-23(6)7)33(45)38-13-3/h15-18,22-25,27-31,39H,11-14,19-21H2,1-10H3,(H,38,45)(H,40,46)(H,41,48)(H,42,47)(H,43,44)/t25-,27-,28-,29-,30-,31-/m0/s1. The average molecular weight is 674 g/mol. The van der Waals surface area contributed by atoms with Gasteiger partial charge in [-0.3, -0.25) is 29.0 Å². The molecule has 6 N–H and O–H groups in total. The number of aromatic nitrogens is 1. The third-order valence-corrected chi connectivity index (χ3v) is 8.26. The van der Waals surface area contributed by atoms with Crippen LogP contribution in [0.5, 0.6) is 0 Å². The molecule has 0 saturated heterocycles. The van der Waals surface area contributed by atoms with Crippen LogP contribution in [0.15, 0.2) is 24.5 Å². The molecule has 0 aliphatic carbocycles. The van der Waals surface area contributed by atoms with E-state index in [1.54, 1.807) is 12.1 Å². The molecule has 0 bridgehead atoms. The van der Waals surface area contributed by atoms with Gasteiger partial charge in [0.15, 0.2) is 0 Å². The number of carbonyl (C=O) groups is 5. The first-order valence-corrected chi connectivity index (χ1v) is 17.8. The third kappa shape index (κ3) is 15.1. The van der Waals surface area contributed by atoms with Crippen LogP contribution in [0.4, 0.5) is 0 Å². The Kier molecular flexibility index (Phi) is 19.6. The highest BCUT2D eigenvalue weighted by Crippen LogP contribution is 2.13. The molecular weight excluding hydrogens is 610 g/mol. The number of rotatable bonds is 22. The Hall–Kier alpha value is -3.54. The van der Waals surface area contributed by atoms with Crippen LogP contribution in [0.25, 0.3) is 0 Å². The van der Waals surface area contributed by atoms with E-state index in [0.717, 1.165) is 0 Å². The first-order valence-electron chi connectivity index (χ1n) is 17.8. The van der Waals surface area contributed by atoms with Crippen LogP contribution >= 0.6 is 0 Å². The van der Waals surface area contributed by atoms with Crippen LogP contribution in [0, 0.1) is 23.7 Å². The lowest BCUT2D eigenvalue weighted by Crippen LogP contribution is -2.58. The number of hydrogen-bond acceptors (Lipinski definition) is 7. The summed E-state index contributed by atoms with van der Waals surface area (Å²) in [4.78, 5) is 70.2. The lowest BCUT2D eigenvalue weighted by Gasteiger charge is -2.30. The molecule has 12 heteroatoms. The quantitative estimate of drug-likeness (QED) is 0.110. The minimum absolute atomic E-state index is 0.0821. The van der Waals surface area contributed by atoms with E-state index in [4.69, 9.17) is 0 Å². The number of nitrogens with one attached hydrogen (secondary N) is 6. The Balaban J connectivity index is 3.07. The summed E-state index contributed by atoms with van der Waals surface area (Å²) in [5.41, 5.74) is 0.394. The molecular formula is C36H63N7O5. The molecule has 1 aromatic heterocycles. The van der Waals surface area contributed by atoms with E-state index < -0.39 is 30.1 Å². The molecule has 272 valence electrons. The van der Waals surface area contributed by atoms with Gasteiger partial charge in [-0.15, -0.1) is 0 Å². The molecule has 0 aromatic carbocycles. The van der Waals surface area contributed by atoms with Crippen LogP contribution in [0.2, 0.25) is 0 Å². The summed E-state index contributed by atoms with van der Waals surface area (Å²) in [6.45, 7) is 20.4. The SMILES string of the molecule is CCC[C@H](NC(=O)[C@@H](NC(=O)c1ccncc1)[C@@H](C)CC)C(=O)N[C@H](CN[C@H](C(=O)N[C@@H](CC(C)C)C(=O)NCC)C(C)C)CC(C)C. The van der Waals surface area contributed by atoms with Crippen molar-refractivity contribution in [1.29, 1.82) is 0 Å². The predicted octanol–water partition coefficient (Wildman–Crippen LogP) is 3.32. The number of hydrogen-bond donors (Lipinski definition) is 6. The fourth-order valence-electron chi connectivity index (χ4n) is 5.48. The molecule has 1 aromatic rings. The van der Waals surface area contributed by atoms with Gasteiger partial charge in [-0.2, -0.15) is 0 Å². The summed E-state index contributed by atoms with van der Waals surface area (Å²) < 4.78 is 0. The van der Waals surface area contributed by atoms with E-state index >= 15 is 0 Å². The number of pyridine rings is 1. The van der Waals surface area contributed by atoms with Gasteiger partial charge < -0.3 is 31.9 Å². The fourth-order valence-corrected chi connectivity index (χ4v) is 5.48. The van der Waals surface area contributed by atoms with Crippen LogP contribution in [0.1, 0.15) is 112 Å². The number of likely N-dealkylation sites (N-methyl/N-ethyl adjacent to an activating group) is 1. The molecule has 0 unspecified atom stereocenters. The van der Waals surface area contributed by atoms with Crippen molar-refractivity contribution in [2.45, 2.75) is 132 Å². The Morgan fingerprint density at radius 2 is 1.27 bits per heavy atom. The maximum absolute atomic E-state index is 13.7. The highest BCUT2D eigenvalue weighted by Gasteiger charge is 2.32. The Labute approximate surface area is 288 Å². The van der Waals surface area contributed by atoms with Gasteiger partial charge in [0.2, 0.25) is 23.6 Å². The molecule has 48 heavy (non-hydrogen) atoms. The van der Waals surface area contributed by atoms with Crippen LogP contribution in [0.3, 0.4) is 0 Å². The highest BCUT2D eigenvalue weighted by atomic mass is 16.2. The molecule has 12 nitrogen and oxygen atoms in total. The van der Waals surface area contributed by atoms with E-state index in [1.165, 1.54) is 12.4 Å². The normalized spacial score (nSPS) is 15.2. The van der Waals surface area contributed by atoms with E-state index in [0.29, 0.717) is 50.8 Å². The molecule has 5 amide bonds. The van der Waals surface area contributed by atoms with Crippen molar-refractivity contribution in [2.75, 3.05) is 13.1 Å². The molecule has 0 radical (unpaired) electrons. The molecule has 0 spiro atoms. The van der Waals surface area contributed by atoms with Gasteiger partial charge in [0.1, 0.15) is 18.1 Å².